The fourth-order valence-electron chi connectivity index (χ4n) is 1.86. The Morgan fingerprint density at radius 2 is 1.89 bits per heavy atom. The molecule has 1 aromatic rings. The van der Waals surface area contributed by atoms with E-state index in [0.29, 0.717) is 5.69 Å². The summed E-state index contributed by atoms with van der Waals surface area (Å²) in [6, 6.07) is 6.70. The van der Waals surface area contributed by atoms with Crippen molar-refractivity contribution in [2.45, 2.75) is 37.5 Å². The molecule has 5 nitrogen and oxygen atoms in total. The molecule has 1 aromatic carbocycles. The quantitative estimate of drug-likeness (QED) is 0.564. The number of nitrogens with one attached hydrogen (secondary N) is 1. The third kappa shape index (κ3) is 5.18. The Hall–Kier alpha value is -1.11. The minimum Gasteiger partial charge on any atom is -0.310 e. The summed E-state index contributed by atoms with van der Waals surface area (Å²) in [6.07, 6.45) is 4.66. The van der Waals surface area contributed by atoms with Gasteiger partial charge in [-0.1, -0.05) is 38.3 Å². The van der Waals surface area contributed by atoms with Gasteiger partial charge >= 0.3 is 0 Å². The number of rotatable bonds is 8. The molecule has 0 atom stereocenters. The van der Waals surface area contributed by atoms with Crippen molar-refractivity contribution in [3.8, 4) is 0 Å². The zero-order valence-corrected chi connectivity index (χ0v) is 12.4. The third-order valence-corrected chi connectivity index (χ3v) is 3.87. The van der Waals surface area contributed by atoms with Gasteiger partial charge in [0, 0.05) is 13.6 Å². The van der Waals surface area contributed by atoms with Gasteiger partial charge in [-0.25, -0.2) is 19.0 Å². The maximum Gasteiger partial charge on any atom is 0.240 e. The van der Waals surface area contributed by atoms with Gasteiger partial charge in [-0.2, -0.15) is 0 Å². The van der Waals surface area contributed by atoms with Gasteiger partial charge in [-0.3, -0.25) is 0 Å². The van der Waals surface area contributed by atoms with E-state index in [9.17, 15) is 8.42 Å². The Morgan fingerprint density at radius 1 is 1.21 bits per heavy atom. The van der Waals surface area contributed by atoms with Crippen LogP contribution in [-0.4, -0.2) is 22.0 Å². The Labute approximate surface area is 115 Å². The van der Waals surface area contributed by atoms with E-state index in [1.807, 2.05) is 0 Å². The SMILES string of the molecule is CCCCCCNN(C)c1ccccc1S(N)(=O)=O. The average molecular weight is 285 g/mol. The van der Waals surface area contributed by atoms with Crippen LogP contribution in [0.3, 0.4) is 0 Å². The average Bonchev–Trinajstić information content (AvgIpc) is 2.37. The number of sulfonamides is 1. The number of unbranched alkanes of at least 4 members (excludes halogenated alkanes) is 3. The zero-order valence-electron chi connectivity index (χ0n) is 11.6. The molecule has 0 aromatic heterocycles. The van der Waals surface area contributed by atoms with E-state index in [-0.39, 0.29) is 4.90 Å². The summed E-state index contributed by atoms with van der Waals surface area (Å²) in [5.41, 5.74) is 3.75. The van der Waals surface area contributed by atoms with Crippen LogP contribution in [-0.2, 0) is 10.0 Å². The predicted octanol–water partition coefficient (Wildman–Crippen LogP) is 1.86. The molecule has 0 spiro atoms. The van der Waals surface area contributed by atoms with Crippen molar-refractivity contribution in [1.29, 1.82) is 0 Å². The molecule has 0 radical (unpaired) electrons. The first-order chi connectivity index (χ1) is 8.96. The molecule has 108 valence electrons. The van der Waals surface area contributed by atoms with Crippen LogP contribution < -0.4 is 15.6 Å². The molecule has 0 aliphatic heterocycles. The molecule has 6 heteroatoms. The fourth-order valence-corrected chi connectivity index (χ4v) is 2.62. The molecular weight excluding hydrogens is 262 g/mol. The van der Waals surface area contributed by atoms with Crippen molar-refractivity contribution in [2.75, 3.05) is 18.6 Å². The third-order valence-electron chi connectivity index (χ3n) is 2.91. The van der Waals surface area contributed by atoms with Crippen LogP contribution in [0.5, 0.6) is 0 Å². The first kappa shape index (κ1) is 15.9. The smallest absolute Gasteiger partial charge is 0.240 e. The van der Waals surface area contributed by atoms with Crippen molar-refractivity contribution >= 4 is 15.7 Å². The normalized spacial score (nSPS) is 11.5. The number of nitrogens with zero attached hydrogens (tertiary/aromatic N) is 1. The van der Waals surface area contributed by atoms with Gasteiger partial charge in [0.15, 0.2) is 0 Å². The van der Waals surface area contributed by atoms with Crippen molar-refractivity contribution in [2.24, 2.45) is 5.14 Å². The number of nitrogens with two attached hydrogens (primary N) is 1. The summed E-state index contributed by atoms with van der Waals surface area (Å²) in [6.45, 7) is 2.98. The fraction of sp³-hybridized carbons (Fsp3) is 0.538. The van der Waals surface area contributed by atoms with E-state index in [0.717, 1.165) is 13.0 Å². The maximum absolute atomic E-state index is 11.5. The minimum absolute atomic E-state index is 0.138. The van der Waals surface area contributed by atoms with Gasteiger partial charge in [0.1, 0.15) is 4.90 Å². The second-order valence-electron chi connectivity index (χ2n) is 4.54. The summed E-state index contributed by atoms with van der Waals surface area (Å²) >= 11 is 0. The monoisotopic (exact) mass is 285 g/mol. The second-order valence-corrected chi connectivity index (χ2v) is 6.07. The van der Waals surface area contributed by atoms with E-state index in [2.05, 4.69) is 12.3 Å². The molecule has 0 amide bonds. The first-order valence-electron chi connectivity index (χ1n) is 6.56. The summed E-state index contributed by atoms with van der Waals surface area (Å²) < 4.78 is 23.0. The van der Waals surface area contributed by atoms with Gasteiger partial charge < -0.3 is 5.01 Å². The highest BCUT2D eigenvalue weighted by Gasteiger charge is 2.15. The predicted molar refractivity (Wildman–Crippen MR) is 78.4 cm³/mol. The number of para-hydroxylation sites is 1. The number of anilines is 1. The summed E-state index contributed by atoms with van der Waals surface area (Å²) in [5.74, 6) is 0. The highest BCUT2D eigenvalue weighted by Crippen LogP contribution is 2.21. The second kappa shape index (κ2) is 7.47. The molecule has 0 saturated heterocycles. The van der Waals surface area contributed by atoms with Crippen molar-refractivity contribution < 1.29 is 8.42 Å². The lowest BCUT2D eigenvalue weighted by molar-refractivity contribution is 0.585. The Kier molecular flexibility index (Phi) is 6.27. The van der Waals surface area contributed by atoms with Crippen LogP contribution in [0.25, 0.3) is 0 Å². The van der Waals surface area contributed by atoms with Gasteiger partial charge in [0.05, 0.1) is 5.69 Å². The topological polar surface area (TPSA) is 75.4 Å². The van der Waals surface area contributed by atoms with Crippen LogP contribution in [0.2, 0.25) is 0 Å². The van der Waals surface area contributed by atoms with E-state index in [4.69, 9.17) is 5.14 Å². The van der Waals surface area contributed by atoms with E-state index in [1.54, 1.807) is 30.3 Å². The molecule has 1 rings (SSSR count). The number of hydrogen-bond acceptors (Lipinski definition) is 4. The van der Waals surface area contributed by atoms with E-state index < -0.39 is 10.0 Å². The van der Waals surface area contributed by atoms with E-state index >= 15 is 0 Å². The van der Waals surface area contributed by atoms with Crippen molar-refractivity contribution in [3.63, 3.8) is 0 Å². The molecule has 0 fully saturated rings. The van der Waals surface area contributed by atoms with Crippen LogP contribution in [0, 0.1) is 0 Å². The minimum atomic E-state index is -3.70. The lowest BCUT2D eigenvalue weighted by Gasteiger charge is -2.22. The summed E-state index contributed by atoms with van der Waals surface area (Å²) in [7, 11) is -1.90. The Bertz CT molecular complexity index is 488. The van der Waals surface area contributed by atoms with Crippen LogP contribution in [0.1, 0.15) is 32.6 Å². The molecule has 0 bridgehead atoms. The van der Waals surface area contributed by atoms with Crippen molar-refractivity contribution in [1.82, 2.24) is 5.43 Å². The number of benzene rings is 1. The number of hydrazine groups is 1. The summed E-state index contributed by atoms with van der Waals surface area (Å²) in [4.78, 5) is 0.138. The van der Waals surface area contributed by atoms with E-state index in [1.165, 1.54) is 25.3 Å². The Morgan fingerprint density at radius 3 is 2.53 bits per heavy atom. The molecule has 0 heterocycles. The molecule has 0 aliphatic rings. The largest absolute Gasteiger partial charge is 0.310 e. The van der Waals surface area contributed by atoms with Gasteiger partial charge in [0.2, 0.25) is 10.0 Å². The lowest BCUT2D eigenvalue weighted by Crippen LogP contribution is -2.36. The Balaban J connectivity index is 2.65. The lowest BCUT2D eigenvalue weighted by atomic mass is 10.2. The van der Waals surface area contributed by atoms with Crippen LogP contribution in [0.15, 0.2) is 29.2 Å². The zero-order chi connectivity index (χ0) is 14.3. The first-order valence-corrected chi connectivity index (χ1v) is 8.10. The maximum atomic E-state index is 11.5. The summed E-state index contributed by atoms with van der Waals surface area (Å²) in [5, 5.41) is 6.92. The molecule has 3 N–H and O–H groups in total. The van der Waals surface area contributed by atoms with Crippen molar-refractivity contribution in [3.05, 3.63) is 24.3 Å². The molecule has 0 aliphatic carbocycles. The number of hydrogen-bond donors (Lipinski definition) is 2. The van der Waals surface area contributed by atoms with Crippen LogP contribution >= 0.6 is 0 Å². The highest BCUT2D eigenvalue weighted by molar-refractivity contribution is 7.89. The molecule has 19 heavy (non-hydrogen) atoms. The highest BCUT2D eigenvalue weighted by atomic mass is 32.2. The molecular formula is C13H23N3O2S. The van der Waals surface area contributed by atoms with Gasteiger partial charge in [-0.15, -0.1) is 0 Å². The standard InChI is InChI=1S/C13H23N3O2S/c1-3-4-5-8-11-15-16(2)12-9-6-7-10-13(12)19(14,17)18/h6-7,9-10,15H,3-5,8,11H2,1-2H3,(H2,14,17,18). The van der Waals surface area contributed by atoms with Gasteiger partial charge in [-0.05, 0) is 18.6 Å². The molecule has 0 saturated carbocycles. The van der Waals surface area contributed by atoms with Gasteiger partial charge in [0.25, 0.3) is 0 Å². The molecule has 0 unspecified atom stereocenters. The number of primary sulfonamides is 1. The van der Waals surface area contributed by atoms with Crippen LogP contribution in [0.4, 0.5) is 5.69 Å².